The van der Waals surface area contributed by atoms with Crippen LogP contribution in [-0.4, -0.2) is 64.1 Å². The lowest BCUT2D eigenvalue weighted by Gasteiger charge is -2.38. The Kier molecular flexibility index (Phi) is 9.07. The summed E-state index contributed by atoms with van der Waals surface area (Å²) in [7, 11) is 1.63. The van der Waals surface area contributed by atoms with E-state index in [0.29, 0.717) is 32.0 Å². The zero-order valence-electron chi connectivity index (χ0n) is 21.2. The summed E-state index contributed by atoms with van der Waals surface area (Å²) >= 11 is 1.49. The minimum atomic E-state index is -4.51. The van der Waals surface area contributed by atoms with Gasteiger partial charge >= 0.3 is 6.18 Å². The van der Waals surface area contributed by atoms with Gasteiger partial charge in [-0.05, 0) is 49.8 Å². The maximum atomic E-state index is 13.0. The number of halogens is 3. The van der Waals surface area contributed by atoms with Crippen molar-refractivity contribution in [3.63, 3.8) is 0 Å². The second-order valence-corrected chi connectivity index (χ2v) is 11.1. The molecule has 38 heavy (non-hydrogen) atoms. The predicted octanol–water partition coefficient (Wildman–Crippen LogP) is 4.29. The molecular weight excluding hydrogens is 521 g/mol. The first-order chi connectivity index (χ1) is 18.1. The Hall–Kier alpha value is -2.54. The van der Waals surface area contributed by atoms with Crippen LogP contribution in [0.3, 0.4) is 0 Å². The number of amides is 1. The molecule has 1 amide bonds. The largest absolute Gasteiger partial charge is 0.416 e. The highest BCUT2D eigenvalue weighted by molar-refractivity contribution is 7.11. The molecule has 208 valence electrons. The Morgan fingerprint density at radius 2 is 2.05 bits per heavy atom. The number of hydrogen-bond acceptors (Lipinski definition) is 8. The third-order valence-corrected chi connectivity index (χ3v) is 8.52. The number of aliphatic hydroxyl groups is 1. The fraction of sp³-hybridized carbons (Fsp3) is 0.577. The predicted molar refractivity (Wildman–Crippen MR) is 136 cm³/mol. The fourth-order valence-electron chi connectivity index (χ4n) is 5.29. The minimum absolute atomic E-state index is 0.00146. The highest BCUT2D eigenvalue weighted by Gasteiger charge is 2.40. The molecule has 2 fully saturated rings. The van der Waals surface area contributed by atoms with Crippen LogP contribution in [0.5, 0.6) is 0 Å². The topological polar surface area (TPSA) is 107 Å². The van der Waals surface area contributed by atoms with Gasteiger partial charge in [0.25, 0.3) is 0 Å². The molecule has 1 atom stereocenters. The van der Waals surface area contributed by atoms with Crippen molar-refractivity contribution in [2.24, 2.45) is 5.16 Å². The molecule has 1 saturated carbocycles. The Morgan fingerprint density at radius 1 is 1.29 bits per heavy atom. The van der Waals surface area contributed by atoms with Crippen molar-refractivity contribution >= 4 is 23.0 Å². The van der Waals surface area contributed by atoms with Crippen LogP contribution in [-0.2, 0) is 27.9 Å². The standard InChI is InChI=1S/C26H33F3N4O4S/c1-37-16-21-14-30-24(38-21)25(35)10-7-20(8-11-25)33-12-9-19(15-33)31-23(34)6-5-22(32-36)17-3-2-4-18(13-17)26(27,28)29/h2-4,13-14,19-20,35-36H,5-12,15-16H2,1H3,(H,31,34)/t19-,20?,25?/m1/s1. The third-order valence-electron chi connectivity index (χ3n) is 7.35. The quantitative estimate of drug-likeness (QED) is 0.243. The molecule has 2 heterocycles. The zero-order chi connectivity index (χ0) is 27.3. The molecule has 1 aliphatic heterocycles. The molecule has 0 radical (unpaired) electrons. The number of nitrogens with one attached hydrogen (secondary N) is 1. The monoisotopic (exact) mass is 554 g/mol. The van der Waals surface area contributed by atoms with Gasteiger partial charge in [0.1, 0.15) is 10.6 Å². The van der Waals surface area contributed by atoms with Crippen LogP contribution >= 0.6 is 11.3 Å². The van der Waals surface area contributed by atoms with Crippen LogP contribution in [0.25, 0.3) is 0 Å². The normalized spacial score (nSPS) is 25.0. The molecule has 0 bridgehead atoms. The van der Waals surface area contributed by atoms with Gasteiger partial charge in [0.2, 0.25) is 5.91 Å². The van der Waals surface area contributed by atoms with Crippen LogP contribution in [0.1, 0.15) is 66.0 Å². The van der Waals surface area contributed by atoms with Gasteiger partial charge < -0.3 is 20.4 Å². The number of methoxy groups -OCH3 is 1. The first-order valence-electron chi connectivity index (χ1n) is 12.7. The van der Waals surface area contributed by atoms with Crippen LogP contribution < -0.4 is 5.32 Å². The van der Waals surface area contributed by atoms with E-state index in [1.54, 1.807) is 13.3 Å². The number of ether oxygens (including phenoxy) is 1. The Morgan fingerprint density at radius 3 is 2.74 bits per heavy atom. The van der Waals surface area contributed by atoms with E-state index in [-0.39, 0.29) is 36.1 Å². The average Bonchev–Trinajstić information content (AvgIpc) is 3.55. The second kappa shape index (κ2) is 12.1. The maximum Gasteiger partial charge on any atom is 0.416 e. The summed E-state index contributed by atoms with van der Waals surface area (Å²) in [4.78, 5) is 20.3. The van der Waals surface area contributed by atoms with E-state index in [0.717, 1.165) is 47.8 Å². The first kappa shape index (κ1) is 28.5. The Labute approximate surface area is 223 Å². The number of alkyl halides is 3. The van der Waals surface area contributed by atoms with E-state index in [9.17, 15) is 28.3 Å². The summed E-state index contributed by atoms with van der Waals surface area (Å²) < 4.78 is 44.1. The summed E-state index contributed by atoms with van der Waals surface area (Å²) in [6.07, 6.45) is 1.00. The maximum absolute atomic E-state index is 13.0. The number of likely N-dealkylation sites (tertiary alicyclic amines) is 1. The van der Waals surface area contributed by atoms with Crippen molar-refractivity contribution in [1.82, 2.24) is 15.2 Å². The molecule has 1 aliphatic carbocycles. The zero-order valence-corrected chi connectivity index (χ0v) is 22.0. The van der Waals surface area contributed by atoms with Crippen molar-refractivity contribution in [1.29, 1.82) is 0 Å². The van der Waals surface area contributed by atoms with Gasteiger partial charge in [-0.15, -0.1) is 11.3 Å². The van der Waals surface area contributed by atoms with Gasteiger partial charge in [-0.1, -0.05) is 17.3 Å². The van der Waals surface area contributed by atoms with E-state index in [1.807, 2.05) is 0 Å². The molecule has 2 aromatic rings. The summed E-state index contributed by atoms with van der Waals surface area (Å²) in [6, 6.07) is 4.83. The van der Waals surface area contributed by atoms with Gasteiger partial charge in [-0.25, -0.2) is 4.98 Å². The van der Waals surface area contributed by atoms with Crippen molar-refractivity contribution in [2.45, 2.75) is 75.4 Å². The molecule has 2 aliphatic rings. The van der Waals surface area contributed by atoms with E-state index in [4.69, 9.17) is 4.74 Å². The van der Waals surface area contributed by atoms with E-state index >= 15 is 0 Å². The number of carbonyl (C=O) groups excluding carboxylic acids is 1. The Bertz CT molecular complexity index is 1130. The number of nitrogens with zero attached hydrogens (tertiary/aromatic N) is 3. The van der Waals surface area contributed by atoms with Gasteiger partial charge in [0.05, 0.1) is 22.8 Å². The molecule has 0 unspecified atom stereocenters. The highest BCUT2D eigenvalue weighted by Crippen LogP contribution is 2.41. The summed E-state index contributed by atoms with van der Waals surface area (Å²) in [5, 5.41) is 27.4. The number of carbonyl (C=O) groups is 1. The van der Waals surface area contributed by atoms with Gasteiger partial charge in [-0.2, -0.15) is 13.2 Å². The average molecular weight is 555 g/mol. The van der Waals surface area contributed by atoms with Gasteiger partial charge in [0.15, 0.2) is 0 Å². The summed E-state index contributed by atoms with van der Waals surface area (Å²) in [5.74, 6) is -0.237. The number of benzene rings is 1. The van der Waals surface area contributed by atoms with Gasteiger partial charge in [0, 0.05) is 51.3 Å². The van der Waals surface area contributed by atoms with Crippen LogP contribution in [0, 0.1) is 0 Å². The second-order valence-electron chi connectivity index (χ2n) is 10.0. The van der Waals surface area contributed by atoms with Crippen molar-refractivity contribution in [2.75, 3.05) is 20.2 Å². The number of aromatic nitrogens is 1. The van der Waals surface area contributed by atoms with E-state index in [1.165, 1.54) is 23.5 Å². The summed E-state index contributed by atoms with van der Waals surface area (Å²) in [5.41, 5.74) is -1.59. The number of thiazole rings is 1. The third kappa shape index (κ3) is 6.90. The smallest absolute Gasteiger partial charge is 0.411 e. The Balaban J connectivity index is 1.23. The molecule has 1 aromatic carbocycles. The molecule has 8 nitrogen and oxygen atoms in total. The lowest BCUT2D eigenvalue weighted by molar-refractivity contribution is -0.137. The lowest BCUT2D eigenvalue weighted by Crippen LogP contribution is -2.43. The molecule has 3 N–H and O–H groups in total. The molecule has 12 heteroatoms. The van der Waals surface area contributed by atoms with E-state index < -0.39 is 17.3 Å². The number of oxime groups is 1. The molecule has 4 rings (SSSR count). The van der Waals surface area contributed by atoms with E-state index in [2.05, 4.69) is 20.4 Å². The van der Waals surface area contributed by atoms with Crippen molar-refractivity contribution in [3.8, 4) is 0 Å². The van der Waals surface area contributed by atoms with Crippen molar-refractivity contribution in [3.05, 3.63) is 51.5 Å². The number of rotatable bonds is 9. The molecule has 1 aromatic heterocycles. The van der Waals surface area contributed by atoms with Crippen LogP contribution in [0.15, 0.2) is 35.6 Å². The van der Waals surface area contributed by atoms with Crippen LogP contribution in [0.4, 0.5) is 13.2 Å². The first-order valence-corrected chi connectivity index (χ1v) is 13.5. The van der Waals surface area contributed by atoms with Crippen LogP contribution in [0.2, 0.25) is 0 Å². The minimum Gasteiger partial charge on any atom is -0.411 e. The fourth-order valence-corrected chi connectivity index (χ4v) is 6.32. The summed E-state index contributed by atoms with van der Waals surface area (Å²) in [6.45, 7) is 2.03. The number of hydrogen-bond donors (Lipinski definition) is 3. The molecule has 0 spiro atoms. The molecular formula is C26H33F3N4O4S. The SMILES string of the molecule is COCc1cnc(C2(O)CCC(N3CC[C@@H](NC(=O)CCC(=NO)c4cccc(C(F)(F)F)c4)C3)CC2)s1. The van der Waals surface area contributed by atoms with Gasteiger partial charge in [-0.3, -0.25) is 9.69 Å². The lowest BCUT2D eigenvalue weighted by atomic mass is 9.82. The van der Waals surface area contributed by atoms with Crippen molar-refractivity contribution < 1.29 is 33.0 Å². The highest BCUT2D eigenvalue weighted by atomic mass is 32.1. The molecule has 1 saturated heterocycles.